The summed E-state index contributed by atoms with van der Waals surface area (Å²) >= 11 is 3.05. The molecule has 6 heteroatoms. The van der Waals surface area contributed by atoms with Crippen LogP contribution in [0.5, 0.6) is 5.75 Å². The Morgan fingerprint density at radius 3 is 2.48 bits per heavy atom. The number of hydrogen-bond donors (Lipinski definition) is 2. The van der Waals surface area contributed by atoms with Crippen LogP contribution in [0.3, 0.4) is 0 Å². The van der Waals surface area contributed by atoms with Crippen molar-refractivity contribution in [2.45, 2.75) is 6.92 Å². The molecule has 0 saturated carbocycles. The average Bonchev–Trinajstić information content (AvgIpc) is 3.18. The van der Waals surface area contributed by atoms with Crippen molar-refractivity contribution in [3.05, 3.63) is 64.4 Å². The highest BCUT2D eigenvalue weighted by molar-refractivity contribution is 7.99. The molecule has 0 aliphatic heterocycles. The molecule has 0 spiro atoms. The van der Waals surface area contributed by atoms with E-state index in [4.69, 9.17) is 4.74 Å². The number of ether oxygens (including phenoxy) is 1. The number of benzene rings is 2. The highest BCUT2D eigenvalue weighted by atomic mass is 32.2. The van der Waals surface area contributed by atoms with Crippen LogP contribution in [-0.2, 0) is 0 Å². The summed E-state index contributed by atoms with van der Waals surface area (Å²) in [5.74, 6) is 0.872. The lowest BCUT2D eigenvalue weighted by Gasteiger charge is -2.08. The van der Waals surface area contributed by atoms with E-state index in [1.54, 1.807) is 19.1 Å². The van der Waals surface area contributed by atoms with E-state index in [0.29, 0.717) is 0 Å². The molecule has 3 aromatic rings. The van der Waals surface area contributed by atoms with Gasteiger partial charge in [-0.2, -0.15) is 0 Å². The second-order valence-electron chi connectivity index (χ2n) is 5.63. The van der Waals surface area contributed by atoms with Gasteiger partial charge in [0.25, 0.3) is 0 Å². The zero-order valence-electron chi connectivity index (χ0n) is 15.9. The highest BCUT2D eigenvalue weighted by Crippen LogP contribution is 2.32. The first-order valence-electron chi connectivity index (χ1n) is 8.37. The first-order chi connectivity index (χ1) is 13.1. The largest absolute Gasteiger partial charge is 0.496 e. The minimum atomic E-state index is 0.747. The maximum Gasteiger partial charge on any atom is 0.160 e. The summed E-state index contributed by atoms with van der Waals surface area (Å²) in [5, 5.41) is 5.07. The molecule has 0 fully saturated rings. The number of hydrogen-bond acceptors (Lipinski definition) is 6. The van der Waals surface area contributed by atoms with Crippen molar-refractivity contribution in [2.75, 3.05) is 30.5 Å². The van der Waals surface area contributed by atoms with E-state index < -0.39 is 0 Å². The number of thiophene rings is 1. The first kappa shape index (κ1) is 20.9. The van der Waals surface area contributed by atoms with Crippen LogP contribution in [0.15, 0.2) is 53.9 Å². The Labute approximate surface area is 169 Å². The van der Waals surface area contributed by atoms with Crippen molar-refractivity contribution in [3.8, 4) is 16.9 Å². The number of methoxy groups -OCH3 is 1. The van der Waals surface area contributed by atoms with Gasteiger partial charge in [0.05, 0.1) is 12.0 Å². The molecule has 3 rings (SSSR count). The monoisotopic (exact) mass is 400 g/mol. The number of carbonyl (C=O) groups excluding carboxylic acids is 1. The van der Waals surface area contributed by atoms with Gasteiger partial charge >= 0.3 is 0 Å². The molecule has 0 bridgehead atoms. The van der Waals surface area contributed by atoms with Crippen molar-refractivity contribution in [2.24, 2.45) is 0 Å². The molecule has 4 nitrogen and oxygen atoms in total. The molecule has 2 aromatic carbocycles. The van der Waals surface area contributed by atoms with Crippen molar-refractivity contribution < 1.29 is 9.53 Å². The molecule has 0 saturated heterocycles. The van der Waals surface area contributed by atoms with Crippen molar-refractivity contribution in [3.63, 3.8) is 0 Å². The first-order valence-corrected chi connectivity index (χ1v) is 10.5. The lowest BCUT2D eigenvalue weighted by atomic mass is 10.0. The average molecular weight is 401 g/mol. The van der Waals surface area contributed by atoms with E-state index in [1.165, 1.54) is 11.3 Å². The molecule has 2 N–H and O–H groups in total. The fourth-order valence-electron chi connectivity index (χ4n) is 2.56. The van der Waals surface area contributed by atoms with Crippen LogP contribution in [0.2, 0.25) is 0 Å². The summed E-state index contributed by atoms with van der Waals surface area (Å²) < 4.78 is 8.43. The van der Waals surface area contributed by atoms with Crippen LogP contribution < -0.4 is 14.8 Å². The lowest BCUT2D eigenvalue weighted by molar-refractivity contribution is 0.112. The van der Waals surface area contributed by atoms with Crippen LogP contribution in [0.4, 0.5) is 11.4 Å². The lowest BCUT2D eigenvalue weighted by Crippen LogP contribution is -1.89. The van der Waals surface area contributed by atoms with Gasteiger partial charge in [0, 0.05) is 24.7 Å². The third-order valence-corrected chi connectivity index (χ3v) is 5.22. The minimum absolute atomic E-state index is 0.747. The Balaban J connectivity index is 0.000000208. The van der Waals surface area contributed by atoms with Gasteiger partial charge in [-0.25, -0.2) is 0 Å². The Hall–Kier alpha value is -2.44. The van der Waals surface area contributed by atoms with Gasteiger partial charge in [-0.3, -0.25) is 4.79 Å². The van der Waals surface area contributed by atoms with E-state index in [2.05, 4.69) is 16.1 Å². The molecular formula is C21H24N2O2S2. The molecule has 0 amide bonds. The van der Waals surface area contributed by atoms with Gasteiger partial charge < -0.3 is 14.8 Å². The topological polar surface area (TPSA) is 50.4 Å². The van der Waals surface area contributed by atoms with E-state index in [9.17, 15) is 4.79 Å². The third-order valence-electron chi connectivity index (χ3n) is 3.92. The fourth-order valence-corrected chi connectivity index (χ4v) is 3.63. The van der Waals surface area contributed by atoms with Crippen LogP contribution in [0.25, 0.3) is 11.1 Å². The minimum Gasteiger partial charge on any atom is -0.496 e. The van der Waals surface area contributed by atoms with E-state index in [-0.39, 0.29) is 0 Å². The van der Waals surface area contributed by atoms with Gasteiger partial charge in [0.15, 0.2) is 6.29 Å². The van der Waals surface area contributed by atoms with Crippen LogP contribution in [0.1, 0.15) is 15.2 Å². The molecule has 1 heterocycles. The number of aldehydes is 1. The van der Waals surface area contributed by atoms with Crippen molar-refractivity contribution in [1.29, 1.82) is 0 Å². The Morgan fingerprint density at radius 1 is 1.11 bits per heavy atom. The van der Waals surface area contributed by atoms with Crippen molar-refractivity contribution >= 4 is 40.9 Å². The second-order valence-corrected chi connectivity index (χ2v) is 7.18. The number of rotatable bonds is 6. The van der Waals surface area contributed by atoms with E-state index >= 15 is 0 Å². The number of anilines is 2. The van der Waals surface area contributed by atoms with Crippen LogP contribution in [0, 0.1) is 6.92 Å². The van der Waals surface area contributed by atoms with Crippen molar-refractivity contribution in [1.82, 2.24) is 0 Å². The molecule has 0 unspecified atom stereocenters. The SMILES string of the molecule is CNc1cccc(NSC)c1.COc1cccc(-c2csc(C=O)c2)c1C. The van der Waals surface area contributed by atoms with Gasteiger partial charge in [-0.15, -0.1) is 11.3 Å². The molecule has 27 heavy (non-hydrogen) atoms. The summed E-state index contributed by atoms with van der Waals surface area (Å²) in [6, 6.07) is 16.0. The molecule has 142 valence electrons. The molecule has 0 radical (unpaired) electrons. The fraction of sp³-hybridized carbons (Fsp3) is 0.190. The molecule has 0 aliphatic carbocycles. The second kappa shape index (κ2) is 10.6. The van der Waals surface area contributed by atoms with E-state index in [0.717, 1.165) is 45.0 Å². The van der Waals surface area contributed by atoms with Gasteiger partial charge in [-0.1, -0.05) is 30.1 Å². The molecule has 0 aliphatic rings. The quantitative estimate of drug-likeness (QED) is 0.395. The molecule has 0 atom stereocenters. The maximum absolute atomic E-state index is 10.6. The predicted octanol–water partition coefficient (Wildman–Crippen LogP) is 5.96. The van der Waals surface area contributed by atoms with Gasteiger partial charge in [0.2, 0.25) is 0 Å². The smallest absolute Gasteiger partial charge is 0.160 e. The Morgan fingerprint density at radius 2 is 1.85 bits per heavy atom. The Kier molecular flexibility index (Phi) is 8.23. The zero-order chi connectivity index (χ0) is 19.6. The Bertz CT molecular complexity index is 878. The molecular weight excluding hydrogens is 376 g/mol. The van der Waals surface area contributed by atoms with Crippen LogP contribution in [-0.4, -0.2) is 26.7 Å². The zero-order valence-corrected chi connectivity index (χ0v) is 17.5. The summed E-state index contributed by atoms with van der Waals surface area (Å²) in [6.45, 7) is 2.02. The predicted molar refractivity (Wildman–Crippen MR) is 120 cm³/mol. The summed E-state index contributed by atoms with van der Waals surface area (Å²) in [4.78, 5) is 11.4. The third kappa shape index (κ3) is 5.77. The molecule has 1 aromatic heterocycles. The van der Waals surface area contributed by atoms with Gasteiger partial charge in [0.1, 0.15) is 5.75 Å². The normalized spacial score (nSPS) is 9.78. The van der Waals surface area contributed by atoms with Gasteiger partial charge in [-0.05, 0) is 59.3 Å². The summed E-state index contributed by atoms with van der Waals surface area (Å²) in [5.41, 5.74) is 5.54. The maximum atomic E-state index is 10.6. The standard InChI is InChI=1S/C13H12O2S.C8H12N2S/c1-9-12(4-3-5-13(9)15-2)10-6-11(7-14)16-8-10;1-9-7-4-3-5-8(6-7)10-11-2/h3-8H,1-2H3;3-6,9-10H,1-2H3. The number of carbonyl (C=O) groups is 1. The van der Waals surface area contributed by atoms with Crippen LogP contribution >= 0.6 is 23.3 Å². The summed E-state index contributed by atoms with van der Waals surface area (Å²) in [7, 11) is 3.58. The summed E-state index contributed by atoms with van der Waals surface area (Å²) in [6.07, 6.45) is 2.88. The van der Waals surface area contributed by atoms with E-state index in [1.807, 2.05) is 68.1 Å². The highest BCUT2D eigenvalue weighted by Gasteiger charge is 2.08. The number of nitrogens with one attached hydrogen (secondary N) is 2.